The highest BCUT2D eigenvalue weighted by molar-refractivity contribution is 9.10. The Morgan fingerprint density at radius 2 is 2.00 bits per heavy atom. The van der Waals surface area contributed by atoms with E-state index in [4.69, 9.17) is 15.2 Å². The van der Waals surface area contributed by atoms with E-state index in [1.165, 1.54) is 18.2 Å². The molecule has 0 amide bonds. The predicted molar refractivity (Wildman–Crippen MR) is 69.6 cm³/mol. The molecule has 19 heavy (non-hydrogen) atoms. The van der Waals surface area contributed by atoms with Crippen molar-refractivity contribution in [2.75, 3.05) is 12.3 Å². The Kier molecular flexibility index (Phi) is 4.10. The number of halogens is 2. The maximum Gasteiger partial charge on any atom is 0.330 e. The zero-order chi connectivity index (χ0) is 13.8. The molecule has 2 aromatic rings. The number of hydrogen-bond acceptors (Lipinski definition) is 6. The molecule has 8 heteroatoms. The highest BCUT2D eigenvalue weighted by Crippen LogP contribution is 2.29. The van der Waals surface area contributed by atoms with Gasteiger partial charge in [-0.2, -0.15) is 9.97 Å². The monoisotopic (exact) mass is 328 g/mol. The van der Waals surface area contributed by atoms with Crippen molar-refractivity contribution in [2.24, 2.45) is 0 Å². The van der Waals surface area contributed by atoms with Crippen LogP contribution in [0.3, 0.4) is 0 Å². The van der Waals surface area contributed by atoms with Crippen LogP contribution in [0, 0.1) is 5.82 Å². The molecular weight excluding hydrogens is 319 g/mol. The molecule has 0 saturated carbocycles. The molecule has 0 unspecified atom stereocenters. The van der Waals surface area contributed by atoms with Gasteiger partial charge in [0.1, 0.15) is 11.6 Å². The molecule has 2 rings (SSSR count). The van der Waals surface area contributed by atoms with Gasteiger partial charge in [-0.05, 0) is 35.0 Å². The zero-order valence-corrected chi connectivity index (χ0v) is 11.5. The van der Waals surface area contributed by atoms with Crippen molar-refractivity contribution in [2.45, 2.75) is 6.92 Å². The van der Waals surface area contributed by atoms with Gasteiger partial charge in [0, 0.05) is 6.07 Å². The van der Waals surface area contributed by atoms with Gasteiger partial charge in [-0.15, -0.1) is 4.98 Å². The first-order chi connectivity index (χ1) is 9.08. The molecule has 1 aromatic heterocycles. The fraction of sp³-hybridized carbons (Fsp3) is 0.182. The van der Waals surface area contributed by atoms with Gasteiger partial charge >= 0.3 is 12.0 Å². The van der Waals surface area contributed by atoms with Gasteiger partial charge in [0.2, 0.25) is 5.95 Å². The van der Waals surface area contributed by atoms with Crippen LogP contribution >= 0.6 is 15.9 Å². The molecular formula is C11H10BrFN4O2. The molecule has 100 valence electrons. The van der Waals surface area contributed by atoms with E-state index in [1.54, 1.807) is 6.92 Å². The number of benzene rings is 1. The van der Waals surface area contributed by atoms with Crippen molar-refractivity contribution < 1.29 is 13.9 Å². The maximum atomic E-state index is 13.1. The van der Waals surface area contributed by atoms with E-state index in [-0.39, 0.29) is 23.7 Å². The number of nitrogens with two attached hydrogens (primary N) is 1. The van der Waals surface area contributed by atoms with Crippen LogP contribution in [0.1, 0.15) is 6.92 Å². The van der Waals surface area contributed by atoms with Crippen molar-refractivity contribution in [3.8, 4) is 17.8 Å². The lowest BCUT2D eigenvalue weighted by Gasteiger charge is -2.07. The van der Waals surface area contributed by atoms with Crippen LogP contribution in [0.2, 0.25) is 0 Å². The molecule has 0 aliphatic rings. The van der Waals surface area contributed by atoms with Crippen LogP contribution in [0.5, 0.6) is 17.8 Å². The number of nitrogens with zero attached hydrogens (tertiary/aromatic N) is 3. The Morgan fingerprint density at radius 1 is 1.26 bits per heavy atom. The average molecular weight is 329 g/mol. The first kappa shape index (κ1) is 13.5. The van der Waals surface area contributed by atoms with E-state index in [9.17, 15) is 4.39 Å². The van der Waals surface area contributed by atoms with Crippen LogP contribution in [0.25, 0.3) is 0 Å². The molecule has 0 aliphatic heterocycles. The first-order valence-electron chi connectivity index (χ1n) is 5.35. The van der Waals surface area contributed by atoms with Crippen LogP contribution in [0.4, 0.5) is 10.3 Å². The fourth-order valence-electron chi connectivity index (χ4n) is 1.25. The van der Waals surface area contributed by atoms with Gasteiger partial charge in [0.15, 0.2) is 0 Å². The minimum atomic E-state index is -0.440. The van der Waals surface area contributed by atoms with Crippen LogP contribution in [-0.2, 0) is 0 Å². The molecule has 1 heterocycles. The van der Waals surface area contributed by atoms with Crippen molar-refractivity contribution in [3.63, 3.8) is 0 Å². The highest BCUT2D eigenvalue weighted by atomic mass is 79.9. The third-order valence-corrected chi connectivity index (χ3v) is 2.63. The van der Waals surface area contributed by atoms with Crippen molar-refractivity contribution >= 4 is 21.9 Å². The van der Waals surface area contributed by atoms with E-state index in [0.717, 1.165) is 0 Å². The standard InChI is InChI=1S/C11H10BrFN4O2/c1-2-18-10-15-9(14)16-11(17-10)19-8-5-6(13)3-4-7(8)12/h3-5H,2H2,1H3,(H2,14,15,16,17). The van der Waals surface area contributed by atoms with Crippen LogP contribution in [0.15, 0.2) is 22.7 Å². The molecule has 1 aromatic carbocycles. The largest absolute Gasteiger partial charge is 0.464 e. The SMILES string of the molecule is CCOc1nc(N)nc(Oc2cc(F)ccc2Br)n1. The topological polar surface area (TPSA) is 83.2 Å². The Hall–Kier alpha value is -1.96. The number of hydrogen-bond donors (Lipinski definition) is 1. The van der Waals surface area contributed by atoms with E-state index < -0.39 is 5.82 Å². The molecule has 0 bridgehead atoms. The van der Waals surface area contributed by atoms with Gasteiger partial charge in [-0.25, -0.2) is 4.39 Å². The second kappa shape index (κ2) is 5.79. The average Bonchev–Trinajstić information content (AvgIpc) is 2.33. The van der Waals surface area contributed by atoms with Crippen molar-refractivity contribution in [1.82, 2.24) is 15.0 Å². The summed E-state index contributed by atoms with van der Waals surface area (Å²) in [6, 6.07) is 3.99. The van der Waals surface area contributed by atoms with Gasteiger partial charge in [0.25, 0.3) is 0 Å². The van der Waals surface area contributed by atoms with Crippen molar-refractivity contribution in [3.05, 3.63) is 28.5 Å². The van der Waals surface area contributed by atoms with E-state index in [2.05, 4.69) is 30.9 Å². The normalized spacial score (nSPS) is 10.3. The lowest BCUT2D eigenvalue weighted by atomic mass is 10.3. The lowest BCUT2D eigenvalue weighted by molar-refractivity contribution is 0.304. The summed E-state index contributed by atoms with van der Waals surface area (Å²) in [5.74, 6) is -0.251. The van der Waals surface area contributed by atoms with E-state index >= 15 is 0 Å². The number of ether oxygens (including phenoxy) is 2. The summed E-state index contributed by atoms with van der Waals surface area (Å²) in [7, 11) is 0. The maximum absolute atomic E-state index is 13.1. The number of rotatable bonds is 4. The minimum absolute atomic E-state index is 0.0408. The second-order valence-corrected chi connectivity index (χ2v) is 4.22. The van der Waals surface area contributed by atoms with Crippen LogP contribution < -0.4 is 15.2 Å². The summed E-state index contributed by atoms with van der Waals surface area (Å²) in [6.07, 6.45) is 0. The number of nitrogen functional groups attached to an aromatic ring is 1. The van der Waals surface area contributed by atoms with E-state index in [0.29, 0.717) is 11.1 Å². The Morgan fingerprint density at radius 3 is 2.74 bits per heavy atom. The molecule has 0 atom stereocenters. The lowest BCUT2D eigenvalue weighted by Crippen LogP contribution is -2.05. The Balaban J connectivity index is 2.29. The molecule has 0 fully saturated rings. The van der Waals surface area contributed by atoms with E-state index in [1.807, 2.05) is 0 Å². The molecule has 2 N–H and O–H groups in total. The molecule has 0 saturated heterocycles. The fourth-order valence-corrected chi connectivity index (χ4v) is 1.57. The summed E-state index contributed by atoms with van der Waals surface area (Å²) in [4.78, 5) is 11.5. The third-order valence-electron chi connectivity index (χ3n) is 1.98. The van der Waals surface area contributed by atoms with Crippen molar-refractivity contribution in [1.29, 1.82) is 0 Å². The molecule has 0 radical (unpaired) electrons. The Bertz CT molecular complexity index is 597. The first-order valence-corrected chi connectivity index (χ1v) is 6.15. The Labute approximate surface area is 116 Å². The van der Waals surface area contributed by atoms with Gasteiger partial charge < -0.3 is 15.2 Å². The van der Waals surface area contributed by atoms with Gasteiger partial charge in [-0.3, -0.25) is 0 Å². The van der Waals surface area contributed by atoms with Gasteiger partial charge in [0.05, 0.1) is 11.1 Å². The summed E-state index contributed by atoms with van der Waals surface area (Å²) in [5, 5.41) is 0. The highest BCUT2D eigenvalue weighted by Gasteiger charge is 2.10. The summed E-state index contributed by atoms with van der Waals surface area (Å²) in [5.41, 5.74) is 5.50. The summed E-state index contributed by atoms with van der Waals surface area (Å²) >= 11 is 3.23. The quantitative estimate of drug-likeness (QED) is 0.928. The molecule has 6 nitrogen and oxygen atoms in total. The second-order valence-electron chi connectivity index (χ2n) is 3.37. The summed E-state index contributed by atoms with van der Waals surface area (Å²) in [6.45, 7) is 2.16. The zero-order valence-electron chi connectivity index (χ0n) is 9.93. The van der Waals surface area contributed by atoms with Gasteiger partial charge in [-0.1, -0.05) is 0 Å². The predicted octanol–water partition coefficient (Wildman–Crippen LogP) is 2.55. The third kappa shape index (κ3) is 3.50. The summed E-state index contributed by atoms with van der Waals surface area (Å²) < 4.78 is 24.1. The number of aromatic nitrogens is 3. The molecule has 0 spiro atoms. The van der Waals surface area contributed by atoms with Crippen LogP contribution in [-0.4, -0.2) is 21.6 Å². The molecule has 0 aliphatic carbocycles. The smallest absolute Gasteiger partial charge is 0.330 e. The minimum Gasteiger partial charge on any atom is -0.464 e. The number of anilines is 1.